The molecule has 0 fully saturated rings. The predicted molar refractivity (Wildman–Crippen MR) is 73.8 cm³/mol. The van der Waals surface area contributed by atoms with Gasteiger partial charge in [0.25, 0.3) is 0 Å². The van der Waals surface area contributed by atoms with Crippen LogP contribution in [0.3, 0.4) is 0 Å². The molecule has 1 aromatic rings. The number of aromatic nitrogens is 2. The number of nitro groups is 1. The van der Waals surface area contributed by atoms with Gasteiger partial charge in [-0.25, -0.2) is 4.68 Å². The van der Waals surface area contributed by atoms with E-state index in [2.05, 4.69) is 5.10 Å². The first-order chi connectivity index (χ1) is 9.46. The zero-order valence-corrected chi connectivity index (χ0v) is 12.3. The number of carbonyl (C=O) groups excluding carboxylic acids is 1. The van der Waals surface area contributed by atoms with Crippen LogP contribution in [0.15, 0.2) is 0 Å². The number of carbonyl (C=O) groups is 1. The van der Waals surface area contributed by atoms with Crippen molar-refractivity contribution in [3.8, 4) is 0 Å². The molecule has 0 aromatic carbocycles. The average Bonchev–Trinajstić information content (AvgIpc) is 2.73. The van der Waals surface area contributed by atoms with Gasteiger partial charge in [-0.2, -0.15) is 5.10 Å². The molecular weight excluding hydrogens is 264 g/mol. The Morgan fingerprint density at radius 1 is 1.45 bits per heavy atom. The highest BCUT2D eigenvalue weighted by Gasteiger charge is 2.30. The summed E-state index contributed by atoms with van der Waals surface area (Å²) in [6.45, 7) is 6.04. The minimum atomic E-state index is -0.449. The highest BCUT2D eigenvalue weighted by Crippen LogP contribution is 2.31. The summed E-state index contributed by atoms with van der Waals surface area (Å²) < 4.78 is 6.33. The van der Waals surface area contributed by atoms with Gasteiger partial charge < -0.3 is 9.64 Å². The molecule has 0 spiro atoms. The van der Waals surface area contributed by atoms with Gasteiger partial charge in [0.05, 0.1) is 11.5 Å². The standard InChI is InChI=1S/C12H20N4O4/c1-5-9-11(16(18)19)12(14(4)13-9)15(6-2)8-10(17)20-7-3/h5-8H2,1-4H3. The summed E-state index contributed by atoms with van der Waals surface area (Å²) in [5.74, 6) is -0.0784. The number of esters is 1. The molecule has 8 nitrogen and oxygen atoms in total. The number of nitrogens with zero attached hydrogens (tertiary/aromatic N) is 4. The zero-order chi connectivity index (χ0) is 15.3. The number of likely N-dealkylation sites (N-methyl/N-ethyl adjacent to an activating group) is 1. The summed E-state index contributed by atoms with van der Waals surface area (Å²) in [6, 6.07) is 0. The summed E-state index contributed by atoms with van der Waals surface area (Å²) in [5, 5.41) is 15.4. The van der Waals surface area contributed by atoms with Crippen molar-refractivity contribution in [2.24, 2.45) is 7.05 Å². The van der Waals surface area contributed by atoms with E-state index >= 15 is 0 Å². The largest absolute Gasteiger partial charge is 0.465 e. The number of hydrogen-bond donors (Lipinski definition) is 0. The predicted octanol–water partition coefficient (Wildman–Crippen LogP) is 1.28. The molecule has 20 heavy (non-hydrogen) atoms. The Morgan fingerprint density at radius 2 is 2.10 bits per heavy atom. The fraction of sp³-hybridized carbons (Fsp3) is 0.667. The summed E-state index contributed by atoms with van der Waals surface area (Å²) in [5.41, 5.74) is 0.371. The first kappa shape index (κ1) is 15.9. The van der Waals surface area contributed by atoms with Crippen molar-refractivity contribution in [1.82, 2.24) is 9.78 Å². The SMILES string of the molecule is CCOC(=O)CN(CC)c1c([N+](=O)[O-])c(CC)nn1C. The minimum Gasteiger partial charge on any atom is -0.465 e. The first-order valence-corrected chi connectivity index (χ1v) is 6.56. The van der Waals surface area contributed by atoms with Crippen LogP contribution < -0.4 is 4.90 Å². The van der Waals surface area contributed by atoms with Crippen LogP contribution in [0.4, 0.5) is 11.5 Å². The lowest BCUT2D eigenvalue weighted by Gasteiger charge is -2.20. The molecule has 0 radical (unpaired) electrons. The van der Waals surface area contributed by atoms with Crippen LogP contribution in [0.2, 0.25) is 0 Å². The Labute approximate surface area is 117 Å². The number of anilines is 1. The summed E-state index contributed by atoms with van der Waals surface area (Å²) in [4.78, 5) is 24.0. The second kappa shape index (κ2) is 6.88. The Balaban J connectivity index is 3.17. The molecule has 0 aliphatic carbocycles. The van der Waals surface area contributed by atoms with E-state index in [4.69, 9.17) is 4.74 Å². The number of aryl methyl sites for hydroxylation is 2. The van der Waals surface area contributed by atoms with Crippen LogP contribution in [0.5, 0.6) is 0 Å². The van der Waals surface area contributed by atoms with Gasteiger partial charge in [0.1, 0.15) is 12.2 Å². The average molecular weight is 284 g/mol. The van der Waals surface area contributed by atoms with Crippen molar-refractivity contribution in [1.29, 1.82) is 0 Å². The molecule has 8 heteroatoms. The van der Waals surface area contributed by atoms with E-state index in [-0.39, 0.29) is 18.8 Å². The van der Waals surface area contributed by atoms with Crippen molar-refractivity contribution in [3.05, 3.63) is 15.8 Å². The monoisotopic (exact) mass is 284 g/mol. The normalized spacial score (nSPS) is 10.4. The number of rotatable bonds is 7. The molecule has 0 saturated heterocycles. The van der Waals surface area contributed by atoms with E-state index in [0.717, 1.165) is 0 Å². The third-order valence-corrected chi connectivity index (χ3v) is 2.89. The van der Waals surface area contributed by atoms with Crippen LogP contribution in [0.1, 0.15) is 26.5 Å². The van der Waals surface area contributed by atoms with Gasteiger partial charge in [-0.1, -0.05) is 6.92 Å². The van der Waals surface area contributed by atoms with E-state index in [0.29, 0.717) is 24.5 Å². The van der Waals surface area contributed by atoms with Crippen LogP contribution in [-0.4, -0.2) is 40.4 Å². The first-order valence-electron chi connectivity index (χ1n) is 6.56. The molecule has 0 atom stereocenters. The van der Waals surface area contributed by atoms with Gasteiger partial charge in [0.15, 0.2) is 0 Å². The van der Waals surface area contributed by atoms with Crippen LogP contribution in [0.25, 0.3) is 0 Å². The maximum absolute atomic E-state index is 11.6. The molecule has 1 aromatic heterocycles. The topological polar surface area (TPSA) is 90.5 Å². The van der Waals surface area contributed by atoms with E-state index < -0.39 is 10.9 Å². The summed E-state index contributed by atoms with van der Waals surface area (Å²) >= 11 is 0. The lowest BCUT2D eigenvalue weighted by molar-refractivity contribution is -0.384. The highest BCUT2D eigenvalue weighted by atomic mass is 16.6. The highest BCUT2D eigenvalue weighted by molar-refractivity contribution is 5.77. The third kappa shape index (κ3) is 3.25. The quantitative estimate of drug-likeness (QED) is 0.425. The molecule has 1 rings (SSSR count). The Morgan fingerprint density at radius 3 is 2.55 bits per heavy atom. The third-order valence-electron chi connectivity index (χ3n) is 2.89. The second-order valence-electron chi connectivity index (χ2n) is 4.17. The van der Waals surface area contributed by atoms with Gasteiger partial charge in [0, 0.05) is 13.6 Å². The molecule has 0 N–H and O–H groups in total. The molecule has 0 saturated carbocycles. The van der Waals surface area contributed by atoms with E-state index in [1.54, 1.807) is 25.8 Å². The van der Waals surface area contributed by atoms with Crippen molar-refractivity contribution < 1.29 is 14.5 Å². The van der Waals surface area contributed by atoms with Crippen molar-refractivity contribution in [2.75, 3.05) is 24.6 Å². The molecule has 0 aliphatic rings. The minimum absolute atomic E-state index is 0.0339. The smallest absolute Gasteiger partial charge is 0.334 e. The van der Waals surface area contributed by atoms with Gasteiger partial charge in [-0.15, -0.1) is 0 Å². The Kier molecular flexibility index (Phi) is 5.48. The van der Waals surface area contributed by atoms with Gasteiger partial charge >= 0.3 is 11.7 Å². The zero-order valence-electron chi connectivity index (χ0n) is 12.3. The number of ether oxygens (including phenoxy) is 1. The molecule has 0 unspecified atom stereocenters. The molecule has 0 bridgehead atoms. The lowest BCUT2D eigenvalue weighted by atomic mass is 10.3. The fourth-order valence-electron chi connectivity index (χ4n) is 2.04. The maximum atomic E-state index is 11.6. The van der Waals surface area contributed by atoms with Crippen LogP contribution in [0, 0.1) is 10.1 Å². The second-order valence-corrected chi connectivity index (χ2v) is 4.17. The molecule has 0 aliphatic heterocycles. The van der Waals surface area contributed by atoms with Gasteiger partial charge in [-0.05, 0) is 20.3 Å². The Bertz CT molecular complexity index is 498. The number of hydrogen-bond acceptors (Lipinski definition) is 6. The van der Waals surface area contributed by atoms with Crippen molar-refractivity contribution in [3.63, 3.8) is 0 Å². The molecular formula is C12H20N4O4. The van der Waals surface area contributed by atoms with E-state index in [1.807, 2.05) is 6.92 Å². The maximum Gasteiger partial charge on any atom is 0.334 e. The van der Waals surface area contributed by atoms with E-state index in [9.17, 15) is 14.9 Å². The van der Waals surface area contributed by atoms with Gasteiger partial charge in [-0.3, -0.25) is 14.9 Å². The summed E-state index contributed by atoms with van der Waals surface area (Å²) in [6.07, 6.45) is 0.459. The molecule has 0 amide bonds. The fourth-order valence-corrected chi connectivity index (χ4v) is 2.04. The van der Waals surface area contributed by atoms with Crippen LogP contribution >= 0.6 is 0 Å². The molecule has 112 valence electrons. The van der Waals surface area contributed by atoms with E-state index in [1.165, 1.54) is 4.68 Å². The van der Waals surface area contributed by atoms with Crippen molar-refractivity contribution in [2.45, 2.75) is 27.2 Å². The van der Waals surface area contributed by atoms with Gasteiger partial charge in [0.2, 0.25) is 5.82 Å². The summed E-state index contributed by atoms with van der Waals surface area (Å²) in [7, 11) is 1.63. The Hall–Kier alpha value is -2.12. The van der Waals surface area contributed by atoms with Crippen molar-refractivity contribution >= 4 is 17.5 Å². The lowest BCUT2D eigenvalue weighted by Crippen LogP contribution is -2.32. The van der Waals surface area contributed by atoms with Crippen LogP contribution in [-0.2, 0) is 23.0 Å². The molecule has 1 heterocycles.